The molecule has 2 saturated heterocycles. The van der Waals surface area contributed by atoms with E-state index in [1.165, 1.54) is 70.5 Å². The molecule has 3 nitrogen and oxygen atoms in total. The molecule has 2 heterocycles. The van der Waals surface area contributed by atoms with Gasteiger partial charge in [0.05, 0.1) is 0 Å². The molecular formula is C21H35N3. The first kappa shape index (κ1) is 17.9. The summed E-state index contributed by atoms with van der Waals surface area (Å²) in [6, 6.07) is 12.4. The van der Waals surface area contributed by atoms with Gasteiger partial charge in [0, 0.05) is 38.3 Å². The maximum Gasteiger partial charge on any atom is 0.0380 e. The average molecular weight is 330 g/mol. The number of rotatable bonds is 7. The summed E-state index contributed by atoms with van der Waals surface area (Å²) in [5.74, 6) is 0. The Morgan fingerprint density at radius 2 is 1.79 bits per heavy atom. The molecule has 0 aromatic heterocycles. The fraction of sp³-hybridized carbons (Fsp3) is 0.714. The lowest BCUT2D eigenvalue weighted by Gasteiger charge is -2.46. The first-order chi connectivity index (χ1) is 11.8. The lowest BCUT2D eigenvalue weighted by Crippen LogP contribution is -2.60. The Balaban J connectivity index is 1.67. The van der Waals surface area contributed by atoms with Crippen molar-refractivity contribution in [1.82, 2.24) is 14.7 Å². The SMILES string of the molecule is CCCCN1CCN(Cc2ccccc2)[C@H]([C@@H](C)N2CCCC2)C1. The van der Waals surface area contributed by atoms with Crippen LogP contribution in [0.4, 0.5) is 0 Å². The highest BCUT2D eigenvalue weighted by atomic mass is 15.3. The molecular weight excluding hydrogens is 294 g/mol. The molecule has 0 saturated carbocycles. The molecule has 3 rings (SSSR count). The number of hydrogen-bond donors (Lipinski definition) is 0. The lowest BCUT2D eigenvalue weighted by molar-refractivity contribution is 0.0209. The summed E-state index contributed by atoms with van der Waals surface area (Å²) in [4.78, 5) is 8.19. The van der Waals surface area contributed by atoms with Crippen molar-refractivity contribution in [2.24, 2.45) is 0 Å². The summed E-state index contributed by atoms with van der Waals surface area (Å²) in [5.41, 5.74) is 1.46. The van der Waals surface area contributed by atoms with Crippen LogP contribution >= 0.6 is 0 Å². The normalized spacial score (nSPS) is 25.2. The van der Waals surface area contributed by atoms with Gasteiger partial charge in [-0.3, -0.25) is 9.80 Å². The topological polar surface area (TPSA) is 9.72 Å². The van der Waals surface area contributed by atoms with Gasteiger partial charge in [-0.15, -0.1) is 0 Å². The van der Waals surface area contributed by atoms with E-state index in [1.807, 2.05) is 0 Å². The third kappa shape index (κ3) is 4.59. The van der Waals surface area contributed by atoms with Crippen molar-refractivity contribution in [2.45, 2.75) is 58.2 Å². The Kier molecular flexibility index (Phi) is 6.70. The van der Waals surface area contributed by atoms with Gasteiger partial charge in [-0.2, -0.15) is 0 Å². The van der Waals surface area contributed by atoms with E-state index in [2.05, 4.69) is 58.9 Å². The Hall–Kier alpha value is -0.900. The van der Waals surface area contributed by atoms with E-state index >= 15 is 0 Å². The van der Waals surface area contributed by atoms with Gasteiger partial charge in [0.15, 0.2) is 0 Å². The molecule has 0 N–H and O–H groups in total. The van der Waals surface area contributed by atoms with Gasteiger partial charge < -0.3 is 4.90 Å². The Bertz CT molecular complexity index is 469. The van der Waals surface area contributed by atoms with Crippen LogP contribution in [0.15, 0.2) is 30.3 Å². The number of piperazine rings is 1. The zero-order valence-corrected chi connectivity index (χ0v) is 15.7. The molecule has 2 atom stereocenters. The van der Waals surface area contributed by atoms with Crippen LogP contribution in [-0.4, -0.2) is 66.1 Å². The van der Waals surface area contributed by atoms with E-state index in [9.17, 15) is 0 Å². The predicted octanol–water partition coefficient (Wildman–Crippen LogP) is 3.46. The van der Waals surface area contributed by atoms with Gasteiger partial charge in [-0.1, -0.05) is 43.7 Å². The molecule has 0 radical (unpaired) electrons. The summed E-state index contributed by atoms with van der Waals surface area (Å²) in [6.07, 6.45) is 5.41. The summed E-state index contributed by atoms with van der Waals surface area (Å²) in [5, 5.41) is 0. The fourth-order valence-corrected chi connectivity index (χ4v) is 4.36. The molecule has 0 amide bonds. The van der Waals surface area contributed by atoms with Crippen molar-refractivity contribution in [3.05, 3.63) is 35.9 Å². The largest absolute Gasteiger partial charge is 0.300 e. The number of benzene rings is 1. The smallest absolute Gasteiger partial charge is 0.0380 e. The van der Waals surface area contributed by atoms with Gasteiger partial charge in [-0.25, -0.2) is 0 Å². The van der Waals surface area contributed by atoms with Crippen molar-refractivity contribution < 1.29 is 0 Å². The molecule has 2 aliphatic heterocycles. The highest BCUT2D eigenvalue weighted by Gasteiger charge is 2.34. The van der Waals surface area contributed by atoms with Crippen molar-refractivity contribution in [2.75, 3.05) is 39.3 Å². The number of unbranched alkanes of at least 4 members (excludes halogenated alkanes) is 1. The van der Waals surface area contributed by atoms with Crippen LogP contribution in [0.1, 0.15) is 45.1 Å². The van der Waals surface area contributed by atoms with E-state index in [-0.39, 0.29) is 0 Å². The summed E-state index contributed by atoms with van der Waals surface area (Å²) in [7, 11) is 0. The van der Waals surface area contributed by atoms with Crippen LogP contribution in [0.25, 0.3) is 0 Å². The molecule has 134 valence electrons. The molecule has 3 heteroatoms. The predicted molar refractivity (Wildman–Crippen MR) is 102 cm³/mol. The number of hydrogen-bond acceptors (Lipinski definition) is 3. The minimum atomic E-state index is 0.661. The van der Waals surface area contributed by atoms with Crippen molar-refractivity contribution in [3.63, 3.8) is 0 Å². The van der Waals surface area contributed by atoms with Crippen LogP contribution in [0, 0.1) is 0 Å². The summed E-state index contributed by atoms with van der Waals surface area (Å²) >= 11 is 0. The third-order valence-corrected chi connectivity index (χ3v) is 5.95. The van der Waals surface area contributed by atoms with Crippen molar-refractivity contribution in [1.29, 1.82) is 0 Å². The van der Waals surface area contributed by atoms with Crippen LogP contribution in [-0.2, 0) is 6.54 Å². The highest BCUT2D eigenvalue weighted by Crippen LogP contribution is 2.22. The minimum Gasteiger partial charge on any atom is -0.300 e. The van der Waals surface area contributed by atoms with Gasteiger partial charge in [0.25, 0.3) is 0 Å². The molecule has 2 aliphatic rings. The second-order valence-electron chi connectivity index (χ2n) is 7.66. The van der Waals surface area contributed by atoms with E-state index in [0.717, 1.165) is 6.54 Å². The van der Waals surface area contributed by atoms with Crippen molar-refractivity contribution in [3.8, 4) is 0 Å². The average Bonchev–Trinajstić information content (AvgIpc) is 3.16. The second kappa shape index (κ2) is 8.98. The Morgan fingerprint density at radius 3 is 2.50 bits per heavy atom. The van der Waals surface area contributed by atoms with E-state index in [0.29, 0.717) is 12.1 Å². The fourth-order valence-electron chi connectivity index (χ4n) is 4.36. The van der Waals surface area contributed by atoms with Gasteiger partial charge in [0.1, 0.15) is 0 Å². The highest BCUT2D eigenvalue weighted by molar-refractivity contribution is 5.15. The van der Waals surface area contributed by atoms with Crippen molar-refractivity contribution >= 4 is 0 Å². The van der Waals surface area contributed by atoms with E-state index < -0.39 is 0 Å². The maximum absolute atomic E-state index is 2.75. The molecule has 0 unspecified atom stereocenters. The molecule has 1 aromatic rings. The first-order valence-corrected chi connectivity index (χ1v) is 10.0. The van der Waals surface area contributed by atoms with Crippen LogP contribution < -0.4 is 0 Å². The zero-order valence-electron chi connectivity index (χ0n) is 15.7. The Morgan fingerprint density at radius 1 is 1.04 bits per heavy atom. The second-order valence-corrected chi connectivity index (χ2v) is 7.66. The van der Waals surface area contributed by atoms with Crippen LogP contribution in [0.3, 0.4) is 0 Å². The monoisotopic (exact) mass is 329 g/mol. The van der Waals surface area contributed by atoms with E-state index in [4.69, 9.17) is 0 Å². The quantitative estimate of drug-likeness (QED) is 0.758. The molecule has 0 bridgehead atoms. The van der Waals surface area contributed by atoms with Gasteiger partial charge in [-0.05, 0) is 51.4 Å². The molecule has 0 spiro atoms. The minimum absolute atomic E-state index is 0.661. The molecule has 0 aliphatic carbocycles. The Labute approximate surface area is 148 Å². The molecule has 2 fully saturated rings. The zero-order chi connectivity index (χ0) is 16.8. The van der Waals surface area contributed by atoms with Crippen LogP contribution in [0.2, 0.25) is 0 Å². The summed E-state index contributed by atoms with van der Waals surface area (Å²) < 4.78 is 0. The third-order valence-electron chi connectivity index (χ3n) is 5.95. The maximum atomic E-state index is 2.75. The number of nitrogens with zero attached hydrogens (tertiary/aromatic N) is 3. The van der Waals surface area contributed by atoms with Gasteiger partial charge in [0.2, 0.25) is 0 Å². The standard InChI is InChI=1S/C21H35N3/c1-3-4-12-22-15-16-24(17-20-10-6-5-7-11-20)21(18-22)19(2)23-13-8-9-14-23/h5-7,10-11,19,21H,3-4,8-9,12-18H2,1-2H3/t19-,21+/m1/s1. The molecule has 24 heavy (non-hydrogen) atoms. The first-order valence-electron chi connectivity index (χ1n) is 10.0. The van der Waals surface area contributed by atoms with Gasteiger partial charge >= 0.3 is 0 Å². The van der Waals surface area contributed by atoms with E-state index in [1.54, 1.807) is 0 Å². The number of likely N-dealkylation sites (tertiary alicyclic amines) is 1. The van der Waals surface area contributed by atoms with Crippen LogP contribution in [0.5, 0.6) is 0 Å². The molecule has 1 aromatic carbocycles. The lowest BCUT2D eigenvalue weighted by atomic mass is 10.0. The summed E-state index contributed by atoms with van der Waals surface area (Å²) in [6.45, 7) is 13.4.